The molecule has 1 unspecified atom stereocenters. The first kappa shape index (κ1) is 19.3. The van der Waals surface area contributed by atoms with Crippen molar-refractivity contribution < 1.29 is 31.1 Å². The van der Waals surface area contributed by atoms with Gasteiger partial charge in [-0.3, -0.25) is 9.52 Å². The smallest absolute Gasteiger partial charge is 0.418 e. The van der Waals surface area contributed by atoms with Gasteiger partial charge >= 0.3 is 6.18 Å². The molecule has 144 valence electrons. The quantitative estimate of drug-likeness (QED) is 0.789. The number of alkyl halides is 3. The summed E-state index contributed by atoms with van der Waals surface area (Å²) < 4.78 is 71.7. The molecule has 2 aromatic carbocycles. The molecule has 0 radical (unpaired) electrons. The number of fused-ring (bicyclic) bond motifs is 1. The Hall–Kier alpha value is -2.46. The van der Waals surface area contributed by atoms with Crippen LogP contribution in [0.5, 0.6) is 5.75 Å². The van der Waals surface area contributed by atoms with Crippen molar-refractivity contribution in [2.75, 3.05) is 10.0 Å². The van der Waals surface area contributed by atoms with Gasteiger partial charge in [-0.2, -0.15) is 13.2 Å². The van der Waals surface area contributed by atoms with E-state index in [4.69, 9.17) is 16.3 Å². The zero-order valence-electron chi connectivity index (χ0n) is 13.6. The van der Waals surface area contributed by atoms with Crippen LogP contribution < -0.4 is 14.8 Å². The highest BCUT2D eigenvalue weighted by molar-refractivity contribution is 7.92. The zero-order valence-corrected chi connectivity index (χ0v) is 15.2. The highest BCUT2D eigenvalue weighted by atomic mass is 35.5. The number of nitrogens with one attached hydrogen (secondary N) is 2. The molecule has 0 spiro atoms. The molecule has 3 rings (SSSR count). The number of hydrogen-bond donors (Lipinski definition) is 2. The molecular formula is C16H12ClF3N2O4S. The molecule has 1 aliphatic heterocycles. The van der Waals surface area contributed by atoms with Crippen LogP contribution in [0, 0.1) is 0 Å². The zero-order chi connectivity index (χ0) is 20.0. The number of halogens is 4. The van der Waals surface area contributed by atoms with Crippen LogP contribution in [0.4, 0.5) is 24.5 Å². The van der Waals surface area contributed by atoms with E-state index in [1.54, 1.807) is 0 Å². The number of sulfonamides is 1. The molecule has 0 saturated heterocycles. The molecule has 0 aromatic heterocycles. The van der Waals surface area contributed by atoms with Crippen LogP contribution in [0.3, 0.4) is 0 Å². The first-order valence-electron chi connectivity index (χ1n) is 7.48. The van der Waals surface area contributed by atoms with Gasteiger partial charge in [0, 0.05) is 5.02 Å². The molecule has 1 heterocycles. The lowest BCUT2D eigenvalue weighted by Crippen LogP contribution is -2.34. The number of amides is 1. The van der Waals surface area contributed by atoms with Crippen molar-refractivity contribution in [3.8, 4) is 5.75 Å². The lowest BCUT2D eigenvalue weighted by Gasteiger charge is -2.23. The van der Waals surface area contributed by atoms with E-state index in [0.717, 1.165) is 24.3 Å². The van der Waals surface area contributed by atoms with Gasteiger partial charge in [0.15, 0.2) is 6.10 Å². The predicted molar refractivity (Wildman–Crippen MR) is 92.4 cm³/mol. The standard InChI is InChI=1S/C16H12ClF3N2O4S/c1-8-15(23)21-13-7-10(3-5-14(13)26-8)27(24,25)22-12-4-2-9(17)6-11(12)16(18,19)20/h2-8,22H,1H3,(H,21,23). The Balaban J connectivity index is 1.98. The second kappa shape index (κ2) is 6.61. The van der Waals surface area contributed by atoms with Crippen LogP contribution in [0.15, 0.2) is 41.3 Å². The minimum absolute atomic E-state index is 0.105. The van der Waals surface area contributed by atoms with E-state index in [1.165, 1.54) is 13.0 Å². The first-order chi connectivity index (χ1) is 12.5. The van der Waals surface area contributed by atoms with Crippen LogP contribution >= 0.6 is 11.6 Å². The van der Waals surface area contributed by atoms with Crippen LogP contribution in [0.2, 0.25) is 5.02 Å². The average Bonchev–Trinajstić information content (AvgIpc) is 2.56. The van der Waals surface area contributed by atoms with Crippen molar-refractivity contribution in [3.05, 3.63) is 47.0 Å². The normalized spacial score (nSPS) is 16.9. The molecule has 0 aliphatic carbocycles. The van der Waals surface area contributed by atoms with Gasteiger partial charge in [0.25, 0.3) is 15.9 Å². The molecular weight excluding hydrogens is 409 g/mol. The summed E-state index contributed by atoms with van der Waals surface area (Å²) in [4.78, 5) is 11.3. The summed E-state index contributed by atoms with van der Waals surface area (Å²) in [6.07, 6.45) is -5.56. The monoisotopic (exact) mass is 420 g/mol. The van der Waals surface area contributed by atoms with Gasteiger partial charge in [0.1, 0.15) is 5.75 Å². The second-order valence-corrected chi connectivity index (χ2v) is 7.82. The van der Waals surface area contributed by atoms with Crippen molar-refractivity contribution in [2.24, 2.45) is 0 Å². The Bertz CT molecular complexity index is 1020. The van der Waals surface area contributed by atoms with Crippen LogP contribution in [-0.4, -0.2) is 20.4 Å². The maximum atomic E-state index is 13.2. The molecule has 2 N–H and O–H groups in total. The van der Waals surface area contributed by atoms with Gasteiger partial charge in [0.2, 0.25) is 0 Å². The fraction of sp³-hybridized carbons (Fsp3) is 0.188. The number of carbonyl (C=O) groups is 1. The number of rotatable bonds is 3. The third-order valence-electron chi connectivity index (χ3n) is 3.72. The van der Waals surface area contributed by atoms with Crippen molar-refractivity contribution in [2.45, 2.75) is 24.1 Å². The molecule has 6 nitrogen and oxygen atoms in total. The van der Waals surface area contributed by atoms with Gasteiger partial charge in [-0.25, -0.2) is 8.42 Å². The Morgan fingerprint density at radius 1 is 1.19 bits per heavy atom. The van der Waals surface area contributed by atoms with Crippen molar-refractivity contribution in [1.29, 1.82) is 0 Å². The summed E-state index contributed by atoms with van der Waals surface area (Å²) in [5.74, 6) is -0.217. The minimum atomic E-state index is -4.81. The Morgan fingerprint density at radius 2 is 1.89 bits per heavy atom. The molecule has 1 aliphatic rings. The molecule has 1 amide bonds. The van der Waals surface area contributed by atoms with E-state index in [1.807, 2.05) is 4.72 Å². The summed E-state index contributed by atoms with van der Waals surface area (Å²) in [6, 6.07) is 6.26. The predicted octanol–water partition coefficient (Wildman–Crippen LogP) is 3.88. The average molecular weight is 421 g/mol. The lowest BCUT2D eigenvalue weighted by molar-refractivity contribution is -0.136. The van der Waals surface area contributed by atoms with Gasteiger partial charge in [-0.05, 0) is 43.3 Å². The first-order valence-corrected chi connectivity index (χ1v) is 9.34. The summed E-state index contributed by atoms with van der Waals surface area (Å²) in [5.41, 5.74) is -1.78. The molecule has 27 heavy (non-hydrogen) atoms. The van der Waals surface area contributed by atoms with E-state index >= 15 is 0 Å². The topological polar surface area (TPSA) is 84.5 Å². The fourth-order valence-corrected chi connectivity index (χ4v) is 3.68. The van der Waals surface area contributed by atoms with Gasteiger partial charge in [0.05, 0.1) is 21.8 Å². The van der Waals surface area contributed by atoms with Crippen molar-refractivity contribution in [3.63, 3.8) is 0 Å². The molecule has 11 heteroatoms. The molecule has 1 atom stereocenters. The molecule has 2 aromatic rings. The summed E-state index contributed by atoms with van der Waals surface area (Å²) in [6.45, 7) is 1.52. The SMILES string of the molecule is CC1Oc2ccc(S(=O)(=O)Nc3ccc(Cl)cc3C(F)(F)F)cc2NC1=O. The van der Waals surface area contributed by atoms with E-state index in [2.05, 4.69) is 5.32 Å². The molecule has 0 bridgehead atoms. The van der Waals surface area contributed by atoms with E-state index in [0.29, 0.717) is 6.07 Å². The third-order valence-corrected chi connectivity index (χ3v) is 5.32. The van der Waals surface area contributed by atoms with Crippen LogP contribution in [-0.2, 0) is 21.0 Å². The third kappa shape index (κ3) is 3.96. The summed E-state index contributed by atoms with van der Waals surface area (Å²) in [7, 11) is -4.37. The molecule has 0 saturated carbocycles. The number of carbonyl (C=O) groups excluding carboxylic acids is 1. The second-order valence-electron chi connectivity index (χ2n) is 5.70. The van der Waals surface area contributed by atoms with Gasteiger partial charge < -0.3 is 10.1 Å². The van der Waals surface area contributed by atoms with E-state index < -0.39 is 39.5 Å². The fourth-order valence-electron chi connectivity index (χ4n) is 2.40. The van der Waals surface area contributed by atoms with Crippen molar-refractivity contribution in [1.82, 2.24) is 0 Å². The summed E-state index contributed by atoms with van der Waals surface area (Å²) in [5, 5.41) is 2.29. The summed E-state index contributed by atoms with van der Waals surface area (Å²) >= 11 is 5.58. The van der Waals surface area contributed by atoms with Gasteiger partial charge in [-0.1, -0.05) is 11.6 Å². The minimum Gasteiger partial charge on any atom is -0.479 e. The van der Waals surface area contributed by atoms with Crippen molar-refractivity contribution >= 4 is 38.9 Å². The number of hydrogen-bond acceptors (Lipinski definition) is 4. The van der Waals surface area contributed by atoms with E-state index in [-0.39, 0.29) is 21.4 Å². The Kier molecular flexibility index (Phi) is 4.73. The Labute approximate surface area is 157 Å². The van der Waals surface area contributed by atoms with Crippen LogP contribution in [0.25, 0.3) is 0 Å². The number of benzene rings is 2. The van der Waals surface area contributed by atoms with Crippen LogP contribution in [0.1, 0.15) is 12.5 Å². The van der Waals surface area contributed by atoms with E-state index in [9.17, 15) is 26.4 Å². The maximum absolute atomic E-state index is 13.2. The van der Waals surface area contributed by atoms with Gasteiger partial charge in [-0.15, -0.1) is 0 Å². The molecule has 0 fully saturated rings. The lowest BCUT2D eigenvalue weighted by atomic mass is 10.2. The highest BCUT2D eigenvalue weighted by Crippen LogP contribution is 2.38. The Morgan fingerprint density at radius 3 is 2.56 bits per heavy atom. The largest absolute Gasteiger partial charge is 0.479 e. The number of ether oxygens (including phenoxy) is 1. The number of anilines is 2. The highest BCUT2D eigenvalue weighted by Gasteiger charge is 2.35. The maximum Gasteiger partial charge on any atom is 0.418 e.